The number of aromatic nitrogens is 3. The van der Waals surface area contributed by atoms with Gasteiger partial charge >= 0.3 is 0 Å². The minimum Gasteiger partial charge on any atom is -0.386 e. The first-order valence-electron chi connectivity index (χ1n) is 9.92. The van der Waals surface area contributed by atoms with Crippen molar-refractivity contribution in [2.24, 2.45) is 0 Å². The first kappa shape index (κ1) is 20.7. The lowest BCUT2D eigenvalue weighted by Gasteiger charge is -2.17. The lowest BCUT2D eigenvalue weighted by Crippen LogP contribution is -2.17. The highest BCUT2D eigenvalue weighted by Crippen LogP contribution is 2.25. The third-order valence-corrected chi connectivity index (χ3v) is 4.99. The molecule has 0 aliphatic rings. The maximum absolute atomic E-state index is 12.8. The van der Waals surface area contributed by atoms with E-state index in [1.54, 1.807) is 68.1 Å². The molecule has 4 rings (SSSR count). The molecule has 2 aromatic heterocycles. The number of carbonyl (C=O) groups excluding carboxylic acids is 1. The Morgan fingerprint density at radius 1 is 1.13 bits per heavy atom. The molecule has 2 N–H and O–H groups in total. The summed E-state index contributed by atoms with van der Waals surface area (Å²) in [6, 6.07) is 18.4. The summed E-state index contributed by atoms with van der Waals surface area (Å²) in [6.07, 6.45) is 1.67. The highest BCUT2D eigenvalue weighted by atomic mass is 16.5. The zero-order valence-electron chi connectivity index (χ0n) is 17.7. The Morgan fingerprint density at radius 2 is 1.90 bits per heavy atom. The quantitative estimate of drug-likeness (QED) is 0.496. The average molecular weight is 416 g/mol. The molecule has 1 amide bonds. The molecular weight excluding hydrogens is 392 g/mol. The number of nitrogens with zero attached hydrogens (tertiary/aromatic N) is 3. The summed E-state index contributed by atoms with van der Waals surface area (Å²) < 4.78 is 6.97. The Labute approximate surface area is 180 Å². The van der Waals surface area contributed by atoms with Gasteiger partial charge in [-0.3, -0.25) is 4.79 Å². The second-order valence-electron chi connectivity index (χ2n) is 7.85. The van der Waals surface area contributed by atoms with Gasteiger partial charge in [-0.05, 0) is 43.2 Å². The highest BCUT2D eigenvalue weighted by Gasteiger charge is 2.17. The molecule has 0 unspecified atom stereocenters. The van der Waals surface area contributed by atoms with Gasteiger partial charge in [0.1, 0.15) is 5.82 Å². The summed E-state index contributed by atoms with van der Waals surface area (Å²) in [5.41, 5.74) is 3.66. The van der Waals surface area contributed by atoms with Crippen molar-refractivity contribution in [3.05, 3.63) is 83.6 Å². The smallest absolute Gasteiger partial charge is 0.256 e. The minimum absolute atomic E-state index is 0.280. The van der Waals surface area contributed by atoms with Gasteiger partial charge in [0, 0.05) is 30.4 Å². The molecule has 2 aromatic carbocycles. The summed E-state index contributed by atoms with van der Waals surface area (Å²) in [5.74, 6) is 0.148. The SMILES string of the molecule is COCc1cccc(-c2cc(NC(=O)c3ccc(C(C)(C)O)cc3)nc3ccnn23)c1. The molecule has 0 radical (unpaired) electrons. The molecule has 2 heterocycles. The van der Waals surface area contributed by atoms with Gasteiger partial charge in [0.15, 0.2) is 5.65 Å². The molecule has 7 nitrogen and oxygen atoms in total. The monoisotopic (exact) mass is 416 g/mol. The molecule has 0 bridgehead atoms. The van der Waals surface area contributed by atoms with E-state index in [9.17, 15) is 9.90 Å². The fraction of sp³-hybridized carbons (Fsp3) is 0.208. The molecule has 0 saturated heterocycles. The maximum atomic E-state index is 12.8. The van der Waals surface area contributed by atoms with Crippen molar-refractivity contribution in [3.63, 3.8) is 0 Å². The van der Waals surface area contributed by atoms with E-state index in [4.69, 9.17) is 4.74 Å². The number of ether oxygens (including phenoxy) is 1. The Balaban J connectivity index is 1.66. The molecule has 0 atom stereocenters. The van der Waals surface area contributed by atoms with Crippen molar-refractivity contribution >= 4 is 17.4 Å². The number of carbonyl (C=O) groups is 1. The Bertz CT molecular complexity index is 1220. The van der Waals surface area contributed by atoms with Gasteiger partial charge in [-0.15, -0.1) is 0 Å². The number of nitrogens with one attached hydrogen (secondary N) is 1. The number of hydrogen-bond acceptors (Lipinski definition) is 5. The lowest BCUT2D eigenvalue weighted by molar-refractivity contribution is 0.0785. The lowest BCUT2D eigenvalue weighted by atomic mass is 9.97. The van der Waals surface area contributed by atoms with Crippen LogP contribution in [0.5, 0.6) is 0 Å². The number of amides is 1. The van der Waals surface area contributed by atoms with Gasteiger partial charge in [0.05, 0.1) is 24.1 Å². The number of rotatable bonds is 6. The topological polar surface area (TPSA) is 88.8 Å². The third kappa shape index (κ3) is 4.47. The van der Waals surface area contributed by atoms with E-state index in [1.165, 1.54) is 0 Å². The summed E-state index contributed by atoms with van der Waals surface area (Å²) >= 11 is 0. The second-order valence-corrected chi connectivity index (χ2v) is 7.85. The standard InChI is InChI=1S/C24H24N4O3/c1-24(2,30)19-9-7-17(8-10-19)23(29)27-21-14-20(28-22(26-21)11-12-25-28)18-6-4-5-16(13-18)15-31-3/h4-14,30H,15H2,1-3H3,(H,26,27,29). The summed E-state index contributed by atoms with van der Waals surface area (Å²) in [6.45, 7) is 3.91. The van der Waals surface area contributed by atoms with Gasteiger partial charge in [-0.25, -0.2) is 9.50 Å². The van der Waals surface area contributed by atoms with Crippen LogP contribution in [0.1, 0.15) is 35.3 Å². The number of aliphatic hydroxyl groups is 1. The molecule has 0 fully saturated rings. The van der Waals surface area contributed by atoms with Crippen LogP contribution in [0.4, 0.5) is 5.82 Å². The summed E-state index contributed by atoms with van der Waals surface area (Å²) in [5, 5.41) is 17.3. The molecular formula is C24H24N4O3. The van der Waals surface area contributed by atoms with E-state index in [2.05, 4.69) is 15.4 Å². The molecule has 0 saturated carbocycles. The molecule has 0 spiro atoms. The van der Waals surface area contributed by atoms with Crippen molar-refractivity contribution in [1.82, 2.24) is 14.6 Å². The molecule has 158 valence electrons. The Hall–Kier alpha value is -3.55. The zero-order chi connectivity index (χ0) is 22.0. The number of hydrogen-bond donors (Lipinski definition) is 2. The second kappa shape index (κ2) is 8.29. The Kier molecular flexibility index (Phi) is 5.54. The largest absolute Gasteiger partial charge is 0.386 e. The maximum Gasteiger partial charge on any atom is 0.256 e. The van der Waals surface area contributed by atoms with Crippen molar-refractivity contribution in [3.8, 4) is 11.3 Å². The third-order valence-electron chi connectivity index (χ3n) is 4.99. The predicted octanol–water partition coefficient (Wildman–Crippen LogP) is 4.02. The van der Waals surface area contributed by atoms with Gasteiger partial charge in [-0.2, -0.15) is 5.10 Å². The van der Waals surface area contributed by atoms with Crippen molar-refractivity contribution in [2.45, 2.75) is 26.1 Å². The predicted molar refractivity (Wildman–Crippen MR) is 119 cm³/mol. The van der Waals surface area contributed by atoms with Gasteiger partial charge < -0.3 is 15.2 Å². The van der Waals surface area contributed by atoms with E-state index in [0.29, 0.717) is 23.6 Å². The summed E-state index contributed by atoms with van der Waals surface area (Å²) in [4.78, 5) is 17.3. The first-order valence-corrected chi connectivity index (χ1v) is 9.92. The van der Waals surface area contributed by atoms with Gasteiger partial charge in [-0.1, -0.05) is 30.3 Å². The van der Waals surface area contributed by atoms with Crippen LogP contribution < -0.4 is 5.32 Å². The van der Waals surface area contributed by atoms with E-state index >= 15 is 0 Å². The fourth-order valence-corrected chi connectivity index (χ4v) is 3.39. The fourth-order valence-electron chi connectivity index (χ4n) is 3.39. The average Bonchev–Trinajstić information content (AvgIpc) is 3.22. The van der Waals surface area contributed by atoms with Crippen LogP contribution in [0, 0.1) is 0 Å². The van der Waals surface area contributed by atoms with Crippen LogP contribution >= 0.6 is 0 Å². The number of anilines is 1. The van der Waals surface area contributed by atoms with E-state index in [0.717, 1.165) is 22.4 Å². The molecule has 0 aliphatic heterocycles. The first-order chi connectivity index (χ1) is 14.8. The van der Waals surface area contributed by atoms with Gasteiger partial charge in [0.2, 0.25) is 0 Å². The number of benzene rings is 2. The zero-order valence-corrected chi connectivity index (χ0v) is 17.7. The van der Waals surface area contributed by atoms with Crippen LogP contribution in [-0.4, -0.2) is 32.7 Å². The normalized spacial score (nSPS) is 11.6. The minimum atomic E-state index is -0.962. The van der Waals surface area contributed by atoms with Crippen LogP contribution in [0.25, 0.3) is 16.9 Å². The van der Waals surface area contributed by atoms with E-state index < -0.39 is 5.60 Å². The van der Waals surface area contributed by atoms with Crippen LogP contribution in [-0.2, 0) is 16.9 Å². The summed E-state index contributed by atoms with van der Waals surface area (Å²) in [7, 11) is 1.66. The van der Waals surface area contributed by atoms with Crippen molar-refractivity contribution in [2.75, 3.05) is 12.4 Å². The molecule has 4 aromatic rings. The van der Waals surface area contributed by atoms with Crippen molar-refractivity contribution < 1.29 is 14.6 Å². The number of methoxy groups -OCH3 is 1. The van der Waals surface area contributed by atoms with E-state index in [1.807, 2.05) is 24.3 Å². The highest BCUT2D eigenvalue weighted by molar-refractivity contribution is 6.04. The molecule has 31 heavy (non-hydrogen) atoms. The number of fused-ring (bicyclic) bond motifs is 1. The van der Waals surface area contributed by atoms with Gasteiger partial charge in [0.25, 0.3) is 5.91 Å². The molecule has 7 heteroatoms. The van der Waals surface area contributed by atoms with Crippen LogP contribution in [0.2, 0.25) is 0 Å². The Morgan fingerprint density at radius 3 is 2.61 bits per heavy atom. The van der Waals surface area contributed by atoms with Crippen LogP contribution in [0.3, 0.4) is 0 Å². The van der Waals surface area contributed by atoms with Crippen LogP contribution in [0.15, 0.2) is 66.9 Å². The van der Waals surface area contributed by atoms with Crippen molar-refractivity contribution in [1.29, 1.82) is 0 Å². The molecule has 0 aliphatic carbocycles. The van der Waals surface area contributed by atoms with E-state index in [-0.39, 0.29) is 5.91 Å².